The van der Waals surface area contributed by atoms with Crippen molar-refractivity contribution in [2.75, 3.05) is 0 Å². The van der Waals surface area contributed by atoms with Crippen molar-refractivity contribution in [3.63, 3.8) is 0 Å². The van der Waals surface area contributed by atoms with Crippen LogP contribution in [0.25, 0.3) is 0 Å². The van der Waals surface area contributed by atoms with Crippen LogP contribution in [0.5, 0.6) is 0 Å². The van der Waals surface area contributed by atoms with Crippen LogP contribution in [-0.4, -0.2) is 15.6 Å². The van der Waals surface area contributed by atoms with E-state index in [0.717, 1.165) is 6.42 Å². The van der Waals surface area contributed by atoms with Crippen LogP contribution in [0.3, 0.4) is 0 Å². The summed E-state index contributed by atoms with van der Waals surface area (Å²) in [7, 11) is 0. The van der Waals surface area contributed by atoms with Crippen molar-refractivity contribution < 1.29 is 9.90 Å². The van der Waals surface area contributed by atoms with Crippen molar-refractivity contribution in [3.05, 3.63) is 34.2 Å². The van der Waals surface area contributed by atoms with Gasteiger partial charge in [-0.3, -0.25) is 4.79 Å². The summed E-state index contributed by atoms with van der Waals surface area (Å²) in [6, 6.07) is 4.31. The quantitative estimate of drug-likeness (QED) is 0.852. The van der Waals surface area contributed by atoms with Gasteiger partial charge in [-0.1, -0.05) is 26.8 Å². The molecular formula is C12H17NO3. The van der Waals surface area contributed by atoms with Gasteiger partial charge in [0.15, 0.2) is 0 Å². The third kappa shape index (κ3) is 3.22. The van der Waals surface area contributed by atoms with Crippen molar-refractivity contribution >= 4 is 5.97 Å². The smallest absolute Gasteiger partial charge is 0.352 e. The number of pyridine rings is 1. The third-order valence-electron chi connectivity index (χ3n) is 2.35. The first kappa shape index (κ1) is 12.5. The molecule has 0 aliphatic carbocycles. The molecule has 0 saturated heterocycles. The van der Waals surface area contributed by atoms with Gasteiger partial charge in [-0.15, -0.1) is 0 Å². The standard InChI is InChI=1S/C12H17NO3/c1-12(2,3)7-8-13-9(11(15)16)5-4-6-10(13)14/h4-6H,7-8H2,1-3H3,(H,15,16). The summed E-state index contributed by atoms with van der Waals surface area (Å²) in [5, 5.41) is 8.96. The van der Waals surface area contributed by atoms with Crippen LogP contribution in [-0.2, 0) is 6.54 Å². The molecule has 0 aliphatic heterocycles. The Morgan fingerprint density at radius 1 is 1.38 bits per heavy atom. The van der Waals surface area contributed by atoms with Crippen LogP contribution in [0.15, 0.2) is 23.0 Å². The minimum atomic E-state index is -1.06. The maximum Gasteiger partial charge on any atom is 0.352 e. The molecule has 0 aromatic carbocycles. The Hall–Kier alpha value is -1.58. The fourth-order valence-corrected chi connectivity index (χ4v) is 1.38. The van der Waals surface area contributed by atoms with E-state index in [0.29, 0.717) is 6.54 Å². The van der Waals surface area contributed by atoms with E-state index in [4.69, 9.17) is 5.11 Å². The number of carbonyl (C=O) groups is 1. The molecule has 0 atom stereocenters. The third-order valence-corrected chi connectivity index (χ3v) is 2.35. The van der Waals surface area contributed by atoms with Crippen molar-refractivity contribution in [3.8, 4) is 0 Å². The Kier molecular flexibility index (Phi) is 3.52. The van der Waals surface area contributed by atoms with Crippen LogP contribution in [0.2, 0.25) is 0 Å². The number of hydrogen-bond donors (Lipinski definition) is 1. The molecule has 0 amide bonds. The lowest BCUT2D eigenvalue weighted by Crippen LogP contribution is -2.26. The number of aromatic carboxylic acids is 1. The highest BCUT2D eigenvalue weighted by Gasteiger charge is 2.14. The molecule has 1 aromatic heterocycles. The second kappa shape index (κ2) is 4.51. The molecule has 0 radical (unpaired) electrons. The predicted molar refractivity (Wildman–Crippen MR) is 61.7 cm³/mol. The zero-order chi connectivity index (χ0) is 12.3. The van der Waals surface area contributed by atoms with Gasteiger partial charge in [0.2, 0.25) is 0 Å². The van der Waals surface area contributed by atoms with Crippen LogP contribution in [0.4, 0.5) is 0 Å². The van der Waals surface area contributed by atoms with Gasteiger partial charge in [-0.05, 0) is 17.9 Å². The maximum absolute atomic E-state index is 11.6. The first-order valence-electron chi connectivity index (χ1n) is 5.24. The summed E-state index contributed by atoms with van der Waals surface area (Å²) in [5.41, 5.74) is -0.133. The number of hydrogen-bond acceptors (Lipinski definition) is 2. The molecule has 4 heteroatoms. The summed E-state index contributed by atoms with van der Waals surface area (Å²) in [6.45, 7) is 6.61. The molecule has 4 nitrogen and oxygen atoms in total. The van der Waals surface area contributed by atoms with E-state index in [1.54, 1.807) is 0 Å². The molecule has 0 fully saturated rings. The molecule has 0 spiro atoms. The fourth-order valence-electron chi connectivity index (χ4n) is 1.38. The zero-order valence-electron chi connectivity index (χ0n) is 9.86. The normalized spacial score (nSPS) is 11.4. The Labute approximate surface area is 94.5 Å². The molecule has 0 aliphatic rings. The van der Waals surface area contributed by atoms with Gasteiger partial charge in [0.05, 0.1) is 0 Å². The average Bonchev–Trinajstić information content (AvgIpc) is 2.13. The lowest BCUT2D eigenvalue weighted by Gasteiger charge is -2.19. The first-order valence-corrected chi connectivity index (χ1v) is 5.24. The van der Waals surface area contributed by atoms with Crippen LogP contribution in [0, 0.1) is 5.41 Å². The molecule has 88 valence electrons. The summed E-state index contributed by atoms with van der Waals surface area (Å²) < 4.78 is 1.31. The summed E-state index contributed by atoms with van der Waals surface area (Å²) in [5.74, 6) is -1.06. The van der Waals surface area contributed by atoms with Crippen molar-refractivity contribution in [2.45, 2.75) is 33.7 Å². The van der Waals surface area contributed by atoms with E-state index >= 15 is 0 Å². The molecule has 0 unspecified atom stereocenters. The Morgan fingerprint density at radius 2 is 2.00 bits per heavy atom. The van der Waals surface area contributed by atoms with E-state index in [9.17, 15) is 9.59 Å². The molecule has 1 heterocycles. The van der Waals surface area contributed by atoms with Crippen LogP contribution < -0.4 is 5.56 Å². The second-order valence-corrected chi connectivity index (χ2v) is 5.02. The lowest BCUT2D eigenvalue weighted by atomic mass is 9.92. The Bertz CT molecular complexity index is 440. The van der Waals surface area contributed by atoms with Gasteiger partial charge in [-0.2, -0.15) is 0 Å². The molecule has 0 saturated carbocycles. The number of nitrogens with zero attached hydrogens (tertiary/aromatic N) is 1. The number of aromatic nitrogens is 1. The maximum atomic E-state index is 11.6. The highest BCUT2D eigenvalue weighted by Crippen LogP contribution is 2.19. The minimum absolute atomic E-state index is 0.0525. The highest BCUT2D eigenvalue weighted by atomic mass is 16.4. The van der Waals surface area contributed by atoms with Gasteiger partial charge >= 0.3 is 5.97 Å². The SMILES string of the molecule is CC(C)(C)CCn1c(C(=O)O)cccc1=O. The number of rotatable bonds is 3. The Morgan fingerprint density at radius 3 is 2.50 bits per heavy atom. The topological polar surface area (TPSA) is 59.3 Å². The van der Waals surface area contributed by atoms with E-state index in [-0.39, 0.29) is 16.7 Å². The molecule has 0 bridgehead atoms. The summed E-state index contributed by atoms with van der Waals surface area (Å²) >= 11 is 0. The van der Waals surface area contributed by atoms with Crippen molar-refractivity contribution in [2.24, 2.45) is 5.41 Å². The van der Waals surface area contributed by atoms with E-state index < -0.39 is 5.97 Å². The van der Waals surface area contributed by atoms with Gasteiger partial charge < -0.3 is 9.67 Å². The van der Waals surface area contributed by atoms with Gasteiger partial charge in [0, 0.05) is 12.6 Å². The summed E-state index contributed by atoms with van der Waals surface area (Å²) in [4.78, 5) is 22.5. The van der Waals surface area contributed by atoms with Gasteiger partial charge in [0.1, 0.15) is 5.69 Å². The van der Waals surface area contributed by atoms with Crippen LogP contribution in [0.1, 0.15) is 37.7 Å². The van der Waals surface area contributed by atoms with E-state index in [1.165, 1.54) is 22.8 Å². The van der Waals surface area contributed by atoms with Crippen LogP contribution >= 0.6 is 0 Å². The van der Waals surface area contributed by atoms with E-state index in [1.807, 2.05) is 0 Å². The number of carboxylic acids is 1. The molecule has 1 aromatic rings. The largest absolute Gasteiger partial charge is 0.477 e. The lowest BCUT2D eigenvalue weighted by molar-refractivity contribution is 0.0682. The first-order chi connectivity index (χ1) is 7.31. The van der Waals surface area contributed by atoms with Gasteiger partial charge in [0.25, 0.3) is 5.56 Å². The summed E-state index contributed by atoms with van der Waals surface area (Å²) in [6.07, 6.45) is 0.761. The number of carboxylic acid groups (broad SMARTS) is 1. The molecule has 1 N–H and O–H groups in total. The van der Waals surface area contributed by atoms with Crippen molar-refractivity contribution in [1.29, 1.82) is 0 Å². The van der Waals surface area contributed by atoms with Crippen molar-refractivity contribution in [1.82, 2.24) is 4.57 Å². The highest BCUT2D eigenvalue weighted by molar-refractivity contribution is 5.85. The van der Waals surface area contributed by atoms with Gasteiger partial charge in [-0.25, -0.2) is 4.79 Å². The molecular weight excluding hydrogens is 206 g/mol. The molecule has 16 heavy (non-hydrogen) atoms. The second-order valence-electron chi connectivity index (χ2n) is 5.02. The Balaban J connectivity index is 3.03. The average molecular weight is 223 g/mol. The molecule has 1 rings (SSSR count). The zero-order valence-corrected chi connectivity index (χ0v) is 9.86. The minimum Gasteiger partial charge on any atom is -0.477 e. The fraction of sp³-hybridized carbons (Fsp3) is 0.500. The van der Waals surface area contributed by atoms with E-state index in [2.05, 4.69) is 20.8 Å². The predicted octanol–water partition coefficient (Wildman–Crippen LogP) is 1.98. The monoisotopic (exact) mass is 223 g/mol.